The Kier molecular flexibility index (Phi) is 3.11. The van der Waals surface area contributed by atoms with E-state index in [2.05, 4.69) is 0 Å². The van der Waals surface area contributed by atoms with E-state index >= 15 is 0 Å². The van der Waals surface area contributed by atoms with Crippen LogP contribution in [0.2, 0.25) is 0 Å². The molecule has 5 nitrogen and oxygen atoms in total. The van der Waals surface area contributed by atoms with Gasteiger partial charge in [0.25, 0.3) is 0 Å². The van der Waals surface area contributed by atoms with Crippen LogP contribution in [0.15, 0.2) is 24.3 Å². The van der Waals surface area contributed by atoms with E-state index in [9.17, 15) is 13.2 Å². The molecule has 82 valence electrons. The van der Waals surface area contributed by atoms with Gasteiger partial charge in [0.1, 0.15) is 0 Å². The Morgan fingerprint density at radius 3 is 2.13 bits per heavy atom. The van der Waals surface area contributed by atoms with E-state index in [1.54, 1.807) is 0 Å². The molecule has 0 radical (unpaired) electrons. The van der Waals surface area contributed by atoms with Gasteiger partial charge in [-0.3, -0.25) is 0 Å². The Morgan fingerprint density at radius 2 is 1.80 bits per heavy atom. The summed E-state index contributed by atoms with van der Waals surface area (Å²) in [6.45, 7) is 1.45. The number of hydrogen-bond acceptors (Lipinski definition) is 3. The third-order valence-corrected chi connectivity index (χ3v) is 3.38. The molecule has 0 aliphatic rings. The second-order valence-corrected chi connectivity index (χ2v) is 5.04. The summed E-state index contributed by atoms with van der Waals surface area (Å²) in [5.74, 6) is -1.05. The van der Waals surface area contributed by atoms with E-state index in [1.165, 1.54) is 31.2 Å². The predicted molar refractivity (Wildman–Crippen MR) is 54.9 cm³/mol. The quantitative estimate of drug-likeness (QED) is 0.798. The minimum atomic E-state index is -3.64. The van der Waals surface area contributed by atoms with Gasteiger partial charge in [0.05, 0.1) is 10.8 Å². The van der Waals surface area contributed by atoms with Crippen LogP contribution < -0.4 is 5.14 Å². The number of rotatable bonds is 3. The lowest BCUT2D eigenvalue weighted by Gasteiger charge is -2.08. The van der Waals surface area contributed by atoms with Crippen LogP contribution in [0.3, 0.4) is 0 Å². The van der Waals surface area contributed by atoms with Gasteiger partial charge in [0.2, 0.25) is 10.0 Å². The number of sulfonamides is 1. The van der Waals surface area contributed by atoms with Crippen LogP contribution in [-0.4, -0.2) is 19.5 Å². The van der Waals surface area contributed by atoms with Crippen molar-refractivity contribution in [3.8, 4) is 0 Å². The Balaban J connectivity index is 3.05. The van der Waals surface area contributed by atoms with Crippen molar-refractivity contribution in [2.24, 2.45) is 5.14 Å². The highest BCUT2D eigenvalue weighted by molar-refractivity contribution is 7.89. The average Bonchev–Trinajstić information content (AvgIpc) is 2.15. The molecule has 1 aromatic rings. The van der Waals surface area contributed by atoms with E-state index in [1.807, 2.05) is 0 Å². The molecule has 0 saturated heterocycles. The predicted octanol–water partition coefficient (Wildman–Crippen LogP) is 0.734. The summed E-state index contributed by atoms with van der Waals surface area (Å²) in [5, 5.41) is 12.8. The number of carboxylic acids is 1. The Bertz CT molecular complexity index is 463. The van der Waals surface area contributed by atoms with E-state index in [0.29, 0.717) is 5.56 Å². The molecule has 6 heteroatoms. The first-order valence-electron chi connectivity index (χ1n) is 4.17. The van der Waals surface area contributed by atoms with Gasteiger partial charge in [-0.15, -0.1) is 0 Å². The number of carboxylic acid groups (broad SMARTS) is 1. The van der Waals surface area contributed by atoms with Gasteiger partial charge in [0.15, 0.2) is 0 Å². The fourth-order valence-electron chi connectivity index (χ4n) is 1.09. The van der Waals surface area contributed by atoms with Gasteiger partial charge in [-0.05, 0) is 24.6 Å². The van der Waals surface area contributed by atoms with Gasteiger partial charge in [0, 0.05) is 0 Å². The van der Waals surface area contributed by atoms with Crippen molar-refractivity contribution in [2.75, 3.05) is 0 Å². The Morgan fingerprint density at radius 1 is 1.33 bits per heavy atom. The number of carbonyl (C=O) groups is 1. The minimum absolute atomic E-state index is 0.111. The maximum absolute atomic E-state index is 11.0. The highest BCUT2D eigenvalue weighted by atomic mass is 32.2. The van der Waals surface area contributed by atoms with E-state index in [0.717, 1.165) is 0 Å². The zero-order chi connectivity index (χ0) is 11.6. The summed E-state index contributed by atoms with van der Waals surface area (Å²) in [5.41, 5.74) is 0.586. The second kappa shape index (κ2) is 4.00. The summed E-state index contributed by atoms with van der Waals surface area (Å²) >= 11 is 0. The third kappa shape index (κ3) is 2.77. The second-order valence-electron chi connectivity index (χ2n) is 3.16. The molecule has 15 heavy (non-hydrogen) atoms. The molecule has 1 aromatic carbocycles. The standard InChI is InChI=1S/C9H11NO4S/c1-6(15(10,13)14)7-2-4-8(5-3-7)9(11)12/h2-6H,1H3,(H,11,12)(H2,10,13,14)/t6-/m1/s1. The van der Waals surface area contributed by atoms with Crippen LogP contribution in [0.25, 0.3) is 0 Å². The number of benzene rings is 1. The monoisotopic (exact) mass is 229 g/mol. The van der Waals surface area contributed by atoms with Gasteiger partial charge >= 0.3 is 5.97 Å². The smallest absolute Gasteiger partial charge is 0.335 e. The van der Waals surface area contributed by atoms with Crippen molar-refractivity contribution in [3.63, 3.8) is 0 Å². The van der Waals surface area contributed by atoms with E-state index < -0.39 is 21.2 Å². The highest BCUT2D eigenvalue weighted by Gasteiger charge is 2.17. The fourth-order valence-corrected chi connectivity index (χ4v) is 1.62. The molecule has 0 bridgehead atoms. The van der Waals surface area contributed by atoms with Crippen LogP contribution in [-0.2, 0) is 10.0 Å². The number of nitrogens with two attached hydrogens (primary N) is 1. The SMILES string of the molecule is C[C@H](c1ccc(C(=O)O)cc1)S(N)(=O)=O. The lowest BCUT2D eigenvalue weighted by Crippen LogP contribution is -2.19. The fraction of sp³-hybridized carbons (Fsp3) is 0.222. The van der Waals surface area contributed by atoms with E-state index in [4.69, 9.17) is 10.2 Å². The van der Waals surface area contributed by atoms with Gasteiger partial charge in [-0.1, -0.05) is 12.1 Å². The lowest BCUT2D eigenvalue weighted by atomic mass is 10.1. The van der Waals surface area contributed by atoms with Crippen LogP contribution >= 0.6 is 0 Å². The molecule has 0 heterocycles. The maximum atomic E-state index is 11.0. The van der Waals surface area contributed by atoms with Crippen molar-refractivity contribution >= 4 is 16.0 Å². The number of aromatic carboxylic acids is 1. The molecule has 0 fully saturated rings. The molecule has 0 aliphatic heterocycles. The largest absolute Gasteiger partial charge is 0.478 e. The first-order chi connectivity index (χ1) is 6.82. The molecular formula is C9H11NO4S. The molecule has 1 rings (SSSR count). The third-order valence-electron chi connectivity index (χ3n) is 2.12. The molecule has 0 aromatic heterocycles. The molecule has 1 atom stereocenters. The van der Waals surface area contributed by atoms with Crippen molar-refractivity contribution in [1.82, 2.24) is 0 Å². The summed E-state index contributed by atoms with van der Waals surface area (Å²) < 4.78 is 22.0. The van der Waals surface area contributed by atoms with Crippen LogP contribution in [0, 0.1) is 0 Å². The summed E-state index contributed by atoms with van der Waals surface area (Å²) in [7, 11) is -3.64. The Hall–Kier alpha value is -1.40. The van der Waals surface area contributed by atoms with Crippen LogP contribution in [0.1, 0.15) is 28.1 Å². The van der Waals surface area contributed by atoms with Gasteiger partial charge < -0.3 is 5.11 Å². The molecule has 0 unspecified atom stereocenters. The molecule has 0 amide bonds. The van der Waals surface area contributed by atoms with Crippen molar-refractivity contribution in [1.29, 1.82) is 0 Å². The van der Waals surface area contributed by atoms with Crippen LogP contribution in [0.5, 0.6) is 0 Å². The first-order valence-corrected chi connectivity index (χ1v) is 5.78. The first kappa shape index (κ1) is 11.7. The molecule has 0 saturated carbocycles. The number of primary sulfonamides is 1. The van der Waals surface area contributed by atoms with Gasteiger partial charge in [-0.25, -0.2) is 18.4 Å². The molecule has 3 N–H and O–H groups in total. The highest BCUT2D eigenvalue weighted by Crippen LogP contribution is 2.19. The van der Waals surface area contributed by atoms with Crippen molar-refractivity contribution in [3.05, 3.63) is 35.4 Å². The molecule has 0 aliphatic carbocycles. The average molecular weight is 229 g/mol. The van der Waals surface area contributed by atoms with Gasteiger partial charge in [-0.2, -0.15) is 0 Å². The van der Waals surface area contributed by atoms with Crippen molar-refractivity contribution in [2.45, 2.75) is 12.2 Å². The lowest BCUT2D eigenvalue weighted by molar-refractivity contribution is 0.0697. The zero-order valence-electron chi connectivity index (χ0n) is 8.04. The zero-order valence-corrected chi connectivity index (χ0v) is 8.86. The maximum Gasteiger partial charge on any atom is 0.335 e. The number of hydrogen-bond donors (Lipinski definition) is 2. The van der Waals surface area contributed by atoms with E-state index in [-0.39, 0.29) is 5.56 Å². The molecule has 0 spiro atoms. The summed E-state index contributed by atoms with van der Waals surface area (Å²) in [6, 6.07) is 5.58. The topological polar surface area (TPSA) is 97.5 Å². The normalized spacial score (nSPS) is 13.5. The Labute approximate surface area is 87.6 Å². The molecular weight excluding hydrogens is 218 g/mol. The summed E-state index contributed by atoms with van der Waals surface area (Å²) in [6.07, 6.45) is 0. The van der Waals surface area contributed by atoms with Crippen molar-refractivity contribution < 1.29 is 18.3 Å². The van der Waals surface area contributed by atoms with Crippen LogP contribution in [0.4, 0.5) is 0 Å². The summed E-state index contributed by atoms with van der Waals surface area (Å²) in [4.78, 5) is 10.5. The minimum Gasteiger partial charge on any atom is -0.478 e.